The monoisotopic (exact) mass is 471 g/mol. The quantitative estimate of drug-likeness (QED) is 0.525. The number of aryl methyl sites for hydroxylation is 1. The Kier molecular flexibility index (Phi) is 6.64. The maximum Gasteiger partial charge on any atom is 0.265 e. The van der Waals surface area contributed by atoms with Gasteiger partial charge in [0.05, 0.1) is 7.11 Å². The van der Waals surface area contributed by atoms with E-state index in [1.807, 2.05) is 13.0 Å². The van der Waals surface area contributed by atoms with Crippen molar-refractivity contribution in [3.05, 3.63) is 60.0 Å². The van der Waals surface area contributed by atoms with Gasteiger partial charge in [0, 0.05) is 36.2 Å². The average Bonchev–Trinajstić information content (AvgIpc) is 2.80. The van der Waals surface area contributed by atoms with Crippen LogP contribution >= 0.6 is 0 Å². The lowest BCUT2D eigenvalue weighted by Gasteiger charge is -2.28. The van der Waals surface area contributed by atoms with Gasteiger partial charge in [-0.25, -0.2) is 17.8 Å². The summed E-state index contributed by atoms with van der Waals surface area (Å²) >= 11 is 0. The molecule has 1 aromatic heterocycles. The van der Waals surface area contributed by atoms with Crippen LogP contribution < -0.4 is 19.7 Å². The zero-order valence-corrected chi connectivity index (χ0v) is 19.3. The molecule has 2 heterocycles. The highest BCUT2D eigenvalue weighted by Gasteiger charge is 2.21. The van der Waals surface area contributed by atoms with Crippen molar-refractivity contribution in [3.63, 3.8) is 0 Å². The molecule has 0 aliphatic carbocycles. The van der Waals surface area contributed by atoms with Crippen molar-refractivity contribution >= 4 is 33.2 Å². The van der Waals surface area contributed by atoms with E-state index in [0.717, 1.165) is 49.6 Å². The Morgan fingerprint density at radius 2 is 1.67 bits per heavy atom. The van der Waals surface area contributed by atoms with Gasteiger partial charge in [-0.05, 0) is 68.7 Å². The highest BCUT2D eigenvalue weighted by molar-refractivity contribution is 7.92. The van der Waals surface area contributed by atoms with Gasteiger partial charge >= 0.3 is 0 Å². The van der Waals surface area contributed by atoms with Gasteiger partial charge in [-0.15, -0.1) is 0 Å². The Bertz CT molecular complexity index is 1230. The van der Waals surface area contributed by atoms with E-state index in [2.05, 4.69) is 24.9 Å². The van der Waals surface area contributed by atoms with Crippen molar-refractivity contribution in [3.8, 4) is 5.75 Å². The fourth-order valence-electron chi connectivity index (χ4n) is 3.71. The average molecular weight is 472 g/mol. The van der Waals surface area contributed by atoms with E-state index in [4.69, 9.17) is 4.74 Å². The van der Waals surface area contributed by atoms with Gasteiger partial charge in [0.25, 0.3) is 10.0 Å². The van der Waals surface area contributed by atoms with Gasteiger partial charge in [-0.3, -0.25) is 4.72 Å². The van der Waals surface area contributed by atoms with Crippen molar-refractivity contribution in [2.45, 2.75) is 31.1 Å². The Labute approximate surface area is 192 Å². The highest BCUT2D eigenvalue weighted by Crippen LogP contribution is 2.27. The minimum Gasteiger partial charge on any atom is -0.495 e. The Balaban J connectivity index is 1.49. The molecule has 3 aromatic rings. The van der Waals surface area contributed by atoms with Crippen molar-refractivity contribution in [1.29, 1.82) is 0 Å². The number of hydrogen-bond donors (Lipinski definition) is 2. The van der Waals surface area contributed by atoms with E-state index in [1.165, 1.54) is 19.6 Å². The predicted molar refractivity (Wildman–Crippen MR) is 126 cm³/mol. The number of anilines is 4. The van der Waals surface area contributed by atoms with E-state index in [1.54, 1.807) is 24.3 Å². The van der Waals surface area contributed by atoms with Crippen LogP contribution in [0.25, 0.3) is 0 Å². The van der Waals surface area contributed by atoms with Gasteiger partial charge in [0.1, 0.15) is 22.3 Å². The standard InChI is InChI=1S/C23H26FN5O3S/c1-16-14-22(29-12-4-3-5-13-29)27-23(25-16)26-18-7-9-19(10-8-18)28-33(30,31)21-15-17(24)6-11-20(21)32-2/h6-11,14-15,28H,3-5,12-13H2,1-2H3,(H,25,26,27). The second-order valence-electron chi connectivity index (χ2n) is 7.84. The molecular weight excluding hydrogens is 445 g/mol. The van der Waals surface area contributed by atoms with Crippen LogP contribution in [0.5, 0.6) is 5.75 Å². The molecule has 0 atom stereocenters. The Morgan fingerprint density at radius 3 is 2.36 bits per heavy atom. The van der Waals surface area contributed by atoms with Crippen molar-refractivity contribution in [2.24, 2.45) is 0 Å². The summed E-state index contributed by atoms with van der Waals surface area (Å²) in [6.45, 7) is 3.90. The van der Waals surface area contributed by atoms with Crippen LogP contribution in [0.2, 0.25) is 0 Å². The number of hydrogen-bond acceptors (Lipinski definition) is 7. The summed E-state index contributed by atoms with van der Waals surface area (Å²) in [5, 5.41) is 3.18. The molecule has 1 aliphatic heterocycles. The fourth-order valence-corrected chi connectivity index (χ4v) is 4.95. The van der Waals surface area contributed by atoms with Gasteiger partial charge in [0.2, 0.25) is 5.95 Å². The number of nitrogens with one attached hydrogen (secondary N) is 2. The topological polar surface area (TPSA) is 96.5 Å². The lowest BCUT2D eigenvalue weighted by Crippen LogP contribution is -2.30. The third kappa shape index (κ3) is 5.51. The largest absolute Gasteiger partial charge is 0.495 e. The summed E-state index contributed by atoms with van der Waals surface area (Å²) in [5.41, 5.74) is 1.89. The minimum absolute atomic E-state index is 0.0586. The molecule has 1 fully saturated rings. The lowest BCUT2D eigenvalue weighted by molar-refractivity contribution is 0.401. The second-order valence-corrected chi connectivity index (χ2v) is 9.49. The summed E-state index contributed by atoms with van der Waals surface area (Å²) in [4.78, 5) is 11.1. The SMILES string of the molecule is COc1ccc(F)cc1S(=O)(=O)Nc1ccc(Nc2nc(C)cc(N3CCCCC3)n2)cc1. The number of benzene rings is 2. The van der Waals surface area contributed by atoms with Crippen molar-refractivity contribution < 1.29 is 17.5 Å². The molecular formula is C23H26FN5O3S. The zero-order chi connectivity index (χ0) is 23.4. The molecule has 0 bridgehead atoms. The number of sulfonamides is 1. The number of nitrogens with zero attached hydrogens (tertiary/aromatic N) is 3. The first-order valence-corrected chi connectivity index (χ1v) is 12.2. The normalized spacial score (nSPS) is 14.1. The van der Waals surface area contributed by atoms with Crippen LogP contribution in [0, 0.1) is 12.7 Å². The van der Waals surface area contributed by atoms with Gasteiger partial charge in [-0.2, -0.15) is 4.98 Å². The molecule has 0 unspecified atom stereocenters. The number of rotatable bonds is 7. The highest BCUT2D eigenvalue weighted by atomic mass is 32.2. The van der Waals surface area contributed by atoms with Crippen LogP contribution in [0.15, 0.2) is 53.4 Å². The number of aromatic nitrogens is 2. The maximum atomic E-state index is 13.6. The summed E-state index contributed by atoms with van der Waals surface area (Å²) in [5.74, 6) is 0.771. The van der Waals surface area contributed by atoms with E-state index in [0.29, 0.717) is 17.3 Å². The molecule has 8 nitrogen and oxygen atoms in total. The van der Waals surface area contributed by atoms with Gasteiger partial charge in [0.15, 0.2) is 0 Å². The molecule has 4 rings (SSSR count). The van der Waals surface area contributed by atoms with Crippen LogP contribution in [0.4, 0.5) is 27.5 Å². The third-order valence-electron chi connectivity index (χ3n) is 5.33. The maximum absolute atomic E-state index is 13.6. The van der Waals surface area contributed by atoms with Gasteiger partial charge in [-0.1, -0.05) is 0 Å². The van der Waals surface area contributed by atoms with Crippen molar-refractivity contribution in [1.82, 2.24) is 9.97 Å². The number of methoxy groups -OCH3 is 1. The Morgan fingerprint density at radius 1 is 0.970 bits per heavy atom. The second kappa shape index (κ2) is 9.62. The third-order valence-corrected chi connectivity index (χ3v) is 6.73. The smallest absolute Gasteiger partial charge is 0.265 e. The summed E-state index contributed by atoms with van der Waals surface area (Å²) in [7, 11) is -2.71. The number of ether oxygens (including phenoxy) is 1. The molecule has 1 aliphatic rings. The van der Waals surface area contributed by atoms with E-state index in [9.17, 15) is 12.8 Å². The van der Waals surface area contributed by atoms with Gasteiger partial charge < -0.3 is 15.0 Å². The molecule has 0 saturated carbocycles. The summed E-state index contributed by atoms with van der Waals surface area (Å²) < 4.78 is 46.6. The lowest BCUT2D eigenvalue weighted by atomic mass is 10.1. The van der Waals surface area contributed by atoms with E-state index < -0.39 is 15.8 Å². The fraction of sp³-hybridized carbons (Fsp3) is 0.304. The van der Waals surface area contributed by atoms with Crippen molar-refractivity contribution in [2.75, 3.05) is 35.1 Å². The zero-order valence-electron chi connectivity index (χ0n) is 18.5. The molecule has 0 amide bonds. The molecule has 33 heavy (non-hydrogen) atoms. The first-order chi connectivity index (χ1) is 15.8. The van der Waals surface area contributed by atoms with Crippen LogP contribution in [0.1, 0.15) is 25.0 Å². The molecule has 10 heteroatoms. The molecule has 1 saturated heterocycles. The first kappa shape index (κ1) is 22.8. The predicted octanol–water partition coefficient (Wildman–Crippen LogP) is 4.47. The van der Waals surface area contributed by atoms with E-state index in [-0.39, 0.29) is 10.6 Å². The molecule has 0 radical (unpaired) electrons. The molecule has 2 aromatic carbocycles. The Hall–Kier alpha value is -3.40. The van der Waals surface area contributed by atoms with E-state index >= 15 is 0 Å². The van der Waals surface area contributed by atoms with Crippen LogP contribution in [0.3, 0.4) is 0 Å². The molecule has 0 spiro atoms. The minimum atomic E-state index is -4.04. The summed E-state index contributed by atoms with van der Waals surface area (Å²) in [6, 6.07) is 12.0. The van der Waals surface area contributed by atoms with Crippen LogP contribution in [-0.2, 0) is 10.0 Å². The number of halogens is 1. The molecule has 174 valence electrons. The van der Waals surface area contributed by atoms with Crippen LogP contribution in [-0.4, -0.2) is 38.6 Å². The number of piperidine rings is 1. The summed E-state index contributed by atoms with van der Waals surface area (Å²) in [6.07, 6.45) is 3.56. The molecule has 2 N–H and O–H groups in total. The first-order valence-electron chi connectivity index (χ1n) is 10.7.